The number of amides is 2. The van der Waals surface area contributed by atoms with Crippen LogP contribution in [0.3, 0.4) is 0 Å². The maximum absolute atomic E-state index is 13.0. The van der Waals surface area contributed by atoms with Crippen LogP contribution in [0.2, 0.25) is 0 Å². The Morgan fingerprint density at radius 1 is 1.13 bits per heavy atom. The molecule has 1 heterocycles. The van der Waals surface area contributed by atoms with E-state index in [1.807, 2.05) is 52.0 Å². The molecule has 2 aromatic rings. The summed E-state index contributed by atoms with van der Waals surface area (Å²) in [6.45, 7) is 10.7. The number of H-pyrrole nitrogens is 1. The van der Waals surface area contributed by atoms with Crippen LogP contribution >= 0.6 is 0 Å². The van der Waals surface area contributed by atoms with Crippen LogP contribution in [0.1, 0.15) is 60.1 Å². The first-order chi connectivity index (χ1) is 14.3. The molecule has 2 amide bonds. The number of esters is 1. The van der Waals surface area contributed by atoms with Gasteiger partial charge in [-0.1, -0.05) is 19.1 Å². The van der Waals surface area contributed by atoms with Crippen molar-refractivity contribution in [3.05, 3.63) is 52.3 Å². The summed E-state index contributed by atoms with van der Waals surface area (Å²) in [6, 6.07) is 7.58. The summed E-state index contributed by atoms with van der Waals surface area (Å²) in [5.74, 6) is 0.390. The number of aryl methyl sites for hydroxylation is 1. The molecule has 0 fully saturated rings. The summed E-state index contributed by atoms with van der Waals surface area (Å²) in [7, 11) is 1.62. The molecule has 1 aromatic heterocycles. The molecule has 2 N–H and O–H groups in total. The van der Waals surface area contributed by atoms with Crippen molar-refractivity contribution in [1.82, 2.24) is 15.2 Å². The predicted molar refractivity (Wildman–Crippen MR) is 117 cm³/mol. The third-order valence-corrected chi connectivity index (χ3v) is 5.22. The number of carbonyl (C=O) groups excluding carboxylic acids is 2. The van der Waals surface area contributed by atoms with Gasteiger partial charge < -0.3 is 24.7 Å². The van der Waals surface area contributed by atoms with Crippen molar-refractivity contribution in [2.45, 2.75) is 60.2 Å². The van der Waals surface area contributed by atoms with Crippen LogP contribution in [0.15, 0.2) is 24.3 Å². The number of benzene rings is 1. The minimum absolute atomic E-state index is 0.0689. The summed E-state index contributed by atoms with van der Waals surface area (Å²) in [5, 5.41) is 3.04. The van der Waals surface area contributed by atoms with Crippen molar-refractivity contribution in [3.63, 3.8) is 0 Å². The average molecular weight is 416 g/mol. The van der Waals surface area contributed by atoms with E-state index in [2.05, 4.69) is 10.3 Å². The van der Waals surface area contributed by atoms with Gasteiger partial charge in [0.2, 0.25) is 0 Å². The number of nitrogens with zero attached hydrogens (tertiary/aromatic N) is 1. The van der Waals surface area contributed by atoms with E-state index < -0.39 is 0 Å². The van der Waals surface area contributed by atoms with E-state index >= 15 is 0 Å². The first-order valence-corrected chi connectivity index (χ1v) is 10.3. The number of nitrogens with one attached hydrogen (secondary N) is 2. The van der Waals surface area contributed by atoms with E-state index in [0.717, 1.165) is 34.6 Å². The van der Waals surface area contributed by atoms with E-state index in [4.69, 9.17) is 9.47 Å². The van der Waals surface area contributed by atoms with Crippen LogP contribution in [0.4, 0.5) is 4.79 Å². The van der Waals surface area contributed by atoms with Crippen molar-refractivity contribution >= 4 is 12.0 Å². The molecule has 7 nitrogen and oxygen atoms in total. The van der Waals surface area contributed by atoms with Crippen LogP contribution in [0.5, 0.6) is 5.75 Å². The van der Waals surface area contributed by atoms with Crippen LogP contribution in [0, 0.1) is 13.8 Å². The van der Waals surface area contributed by atoms with Crippen molar-refractivity contribution in [2.24, 2.45) is 0 Å². The highest BCUT2D eigenvalue weighted by atomic mass is 16.5. The average Bonchev–Trinajstić information content (AvgIpc) is 3.02. The number of urea groups is 1. The van der Waals surface area contributed by atoms with Crippen LogP contribution in [-0.4, -0.2) is 41.6 Å². The molecule has 30 heavy (non-hydrogen) atoms. The van der Waals surface area contributed by atoms with Crippen LogP contribution in [0.25, 0.3) is 0 Å². The summed E-state index contributed by atoms with van der Waals surface area (Å²) < 4.78 is 10.4. The number of carbonyl (C=O) groups is 2. The molecule has 0 radical (unpaired) electrons. The molecular formula is C23H33N3O4. The Balaban J connectivity index is 2.30. The first-order valence-electron chi connectivity index (χ1n) is 10.3. The minimum atomic E-state index is -0.380. The van der Waals surface area contributed by atoms with Gasteiger partial charge in [0, 0.05) is 24.8 Å². The molecule has 2 rings (SSSR count). The number of aromatic amines is 1. The second-order valence-corrected chi connectivity index (χ2v) is 7.41. The smallest absolute Gasteiger partial charge is 0.355 e. The summed E-state index contributed by atoms with van der Waals surface area (Å²) in [4.78, 5) is 30.1. The maximum Gasteiger partial charge on any atom is 0.355 e. The number of methoxy groups -OCH3 is 1. The Morgan fingerprint density at radius 2 is 1.80 bits per heavy atom. The Hall–Kier alpha value is -2.96. The van der Waals surface area contributed by atoms with Gasteiger partial charge in [-0.2, -0.15) is 0 Å². The van der Waals surface area contributed by atoms with Crippen LogP contribution in [-0.2, 0) is 17.8 Å². The van der Waals surface area contributed by atoms with Gasteiger partial charge in [0.1, 0.15) is 11.4 Å². The zero-order chi connectivity index (χ0) is 22.3. The Bertz CT molecular complexity index is 858. The van der Waals surface area contributed by atoms with E-state index in [1.165, 1.54) is 0 Å². The second kappa shape index (κ2) is 10.7. The molecule has 0 aliphatic carbocycles. The van der Waals surface area contributed by atoms with Gasteiger partial charge in [-0.15, -0.1) is 0 Å². The number of rotatable bonds is 9. The van der Waals surface area contributed by atoms with Gasteiger partial charge in [0.15, 0.2) is 0 Å². The molecule has 0 saturated carbocycles. The molecule has 7 heteroatoms. The molecule has 0 aliphatic rings. The maximum atomic E-state index is 13.0. The number of hydrogen-bond donors (Lipinski definition) is 2. The molecule has 0 spiro atoms. The highest BCUT2D eigenvalue weighted by Crippen LogP contribution is 2.22. The minimum Gasteiger partial charge on any atom is -0.497 e. The summed E-state index contributed by atoms with van der Waals surface area (Å²) in [5.41, 5.74) is 4.02. The topological polar surface area (TPSA) is 83.7 Å². The summed E-state index contributed by atoms with van der Waals surface area (Å²) >= 11 is 0. The SMILES string of the molecule is CCOC(=O)c1[nH]c(C)c(CN(Cc2ccc(OC)cc2)C(=O)N[C@H](C)CC)c1C. The Morgan fingerprint density at radius 3 is 2.37 bits per heavy atom. The lowest BCUT2D eigenvalue weighted by molar-refractivity contribution is 0.0519. The van der Waals surface area contributed by atoms with Crippen molar-refractivity contribution in [1.29, 1.82) is 0 Å². The van der Waals surface area contributed by atoms with E-state index in [0.29, 0.717) is 25.4 Å². The third-order valence-electron chi connectivity index (χ3n) is 5.22. The molecule has 0 aliphatic heterocycles. The van der Waals surface area contributed by atoms with E-state index in [1.54, 1.807) is 18.9 Å². The molecule has 0 unspecified atom stereocenters. The van der Waals surface area contributed by atoms with Crippen molar-refractivity contribution < 1.29 is 19.1 Å². The number of hydrogen-bond acceptors (Lipinski definition) is 4. The highest BCUT2D eigenvalue weighted by molar-refractivity contribution is 5.89. The summed E-state index contributed by atoms with van der Waals surface area (Å²) in [6.07, 6.45) is 0.845. The highest BCUT2D eigenvalue weighted by Gasteiger charge is 2.23. The largest absolute Gasteiger partial charge is 0.497 e. The normalized spacial score (nSPS) is 11.7. The van der Waals surface area contributed by atoms with Gasteiger partial charge in [-0.3, -0.25) is 0 Å². The van der Waals surface area contributed by atoms with Crippen LogP contribution < -0.4 is 10.1 Å². The molecular weight excluding hydrogens is 382 g/mol. The Kier molecular flexibility index (Phi) is 8.33. The lowest BCUT2D eigenvalue weighted by Crippen LogP contribution is -2.43. The molecule has 1 aromatic carbocycles. The van der Waals surface area contributed by atoms with Gasteiger partial charge in [0.25, 0.3) is 0 Å². The van der Waals surface area contributed by atoms with Crippen molar-refractivity contribution in [3.8, 4) is 5.75 Å². The predicted octanol–water partition coefficient (Wildman–Crippen LogP) is 4.33. The van der Waals surface area contributed by atoms with E-state index in [-0.39, 0.29) is 18.0 Å². The van der Waals surface area contributed by atoms with E-state index in [9.17, 15) is 9.59 Å². The fraction of sp³-hybridized carbons (Fsp3) is 0.478. The fourth-order valence-electron chi connectivity index (χ4n) is 3.18. The van der Waals surface area contributed by atoms with Gasteiger partial charge >= 0.3 is 12.0 Å². The quantitative estimate of drug-likeness (QED) is 0.597. The zero-order valence-corrected chi connectivity index (χ0v) is 18.8. The lowest BCUT2D eigenvalue weighted by Gasteiger charge is -2.26. The first kappa shape index (κ1) is 23.3. The molecule has 1 atom stereocenters. The second-order valence-electron chi connectivity index (χ2n) is 7.41. The zero-order valence-electron chi connectivity index (χ0n) is 18.8. The van der Waals surface area contributed by atoms with Gasteiger partial charge in [0.05, 0.1) is 13.7 Å². The lowest BCUT2D eigenvalue weighted by atomic mass is 10.1. The molecule has 164 valence electrons. The monoisotopic (exact) mass is 415 g/mol. The molecule has 0 saturated heterocycles. The molecule has 0 bridgehead atoms. The van der Waals surface area contributed by atoms with Crippen molar-refractivity contribution in [2.75, 3.05) is 13.7 Å². The third kappa shape index (κ3) is 5.78. The van der Waals surface area contributed by atoms with Gasteiger partial charge in [-0.25, -0.2) is 9.59 Å². The number of ether oxygens (including phenoxy) is 2. The van der Waals surface area contributed by atoms with Gasteiger partial charge in [-0.05, 0) is 62.9 Å². The Labute approximate surface area is 178 Å². The number of aromatic nitrogens is 1. The standard InChI is InChI=1S/C23H33N3O4/c1-7-15(3)24-23(28)26(13-18-9-11-19(29-6)12-10-18)14-20-16(4)21(25-17(20)5)22(27)30-8-2/h9-12,15,25H,7-8,13-14H2,1-6H3,(H,24,28)/t15-/m1/s1. The fourth-order valence-corrected chi connectivity index (χ4v) is 3.18.